The van der Waals surface area contributed by atoms with Crippen LogP contribution in [0.4, 0.5) is 14.5 Å². The Morgan fingerprint density at radius 3 is 2.29 bits per heavy atom. The number of nitro groups is 1. The van der Waals surface area contributed by atoms with Gasteiger partial charge in [0.1, 0.15) is 16.6 Å². The number of nitrogens with zero attached hydrogens (tertiary/aromatic N) is 2. The number of halogens is 2. The Kier molecular flexibility index (Phi) is 5.26. The molecule has 0 amide bonds. The minimum atomic E-state index is -1.28. The second kappa shape index (κ2) is 8.04. The Morgan fingerprint density at radius 1 is 0.968 bits per heavy atom. The molecule has 3 aromatic carbocycles. The predicted octanol–water partition coefficient (Wildman–Crippen LogP) is 6.03. The van der Waals surface area contributed by atoms with Crippen LogP contribution in [0.2, 0.25) is 0 Å². The van der Waals surface area contributed by atoms with Gasteiger partial charge in [0.15, 0.2) is 0 Å². The van der Waals surface area contributed by atoms with Crippen molar-refractivity contribution in [3.8, 4) is 33.0 Å². The molecule has 4 aromatic rings. The Labute approximate surface area is 178 Å². The first kappa shape index (κ1) is 20.3. The number of aromatic nitrogens is 1. The molecule has 4 rings (SSSR count). The molecule has 0 aliphatic heterocycles. The first-order valence-electron chi connectivity index (χ1n) is 8.87. The fourth-order valence-electron chi connectivity index (χ4n) is 3.28. The highest BCUT2D eigenvalue weighted by Crippen LogP contribution is 2.38. The highest BCUT2D eigenvalue weighted by atomic mass is 32.1. The molecule has 0 radical (unpaired) electrons. The highest BCUT2D eigenvalue weighted by Gasteiger charge is 2.24. The summed E-state index contributed by atoms with van der Waals surface area (Å²) in [6.07, 6.45) is 0. The summed E-state index contributed by atoms with van der Waals surface area (Å²) >= 11 is 1.10. The van der Waals surface area contributed by atoms with Crippen molar-refractivity contribution in [3.05, 3.63) is 93.4 Å². The maximum absolute atomic E-state index is 13.6. The number of aromatic carboxylic acids is 1. The Bertz CT molecular complexity index is 1320. The van der Waals surface area contributed by atoms with Gasteiger partial charge in [-0.2, -0.15) is 0 Å². The van der Waals surface area contributed by atoms with Crippen molar-refractivity contribution in [1.82, 2.24) is 4.98 Å². The summed E-state index contributed by atoms with van der Waals surface area (Å²) in [5.74, 6) is -2.79. The van der Waals surface area contributed by atoms with Gasteiger partial charge in [-0.05, 0) is 18.2 Å². The monoisotopic (exact) mass is 438 g/mol. The number of hydrogen-bond acceptors (Lipinski definition) is 5. The summed E-state index contributed by atoms with van der Waals surface area (Å²) in [5.41, 5.74) is 0.704. The van der Waals surface area contributed by atoms with E-state index in [9.17, 15) is 28.8 Å². The average molecular weight is 438 g/mol. The lowest BCUT2D eigenvalue weighted by atomic mass is 9.94. The van der Waals surface area contributed by atoms with Crippen LogP contribution in [0.5, 0.6) is 0 Å². The third-order valence-corrected chi connectivity index (χ3v) is 5.44. The molecule has 1 aromatic heterocycles. The minimum Gasteiger partial charge on any atom is -0.478 e. The van der Waals surface area contributed by atoms with Crippen LogP contribution in [-0.4, -0.2) is 21.0 Å². The number of carboxylic acid groups (broad SMARTS) is 1. The fourth-order valence-corrected chi connectivity index (χ4v) is 4.14. The van der Waals surface area contributed by atoms with E-state index in [1.807, 2.05) is 0 Å². The molecule has 0 unspecified atom stereocenters. The number of benzene rings is 3. The van der Waals surface area contributed by atoms with Gasteiger partial charge >= 0.3 is 5.97 Å². The van der Waals surface area contributed by atoms with Gasteiger partial charge in [-0.15, -0.1) is 11.3 Å². The van der Waals surface area contributed by atoms with Crippen molar-refractivity contribution >= 4 is 23.0 Å². The molecule has 1 heterocycles. The van der Waals surface area contributed by atoms with E-state index in [-0.39, 0.29) is 39.2 Å². The first-order valence-corrected chi connectivity index (χ1v) is 9.75. The first-order chi connectivity index (χ1) is 14.8. The third kappa shape index (κ3) is 3.90. The van der Waals surface area contributed by atoms with Gasteiger partial charge in [-0.3, -0.25) is 10.1 Å². The van der Waals surface area contributed by atoms with Crippen LogP contribution in [0.1, 0.15) is 10.4 Å². The number of hydrogen-bond donors (Lipinski definition) is 1. The number of thiazole rings is 1. The third-order valence-electron chi connectivity index (χ3n) is 4.56. The Balaban J connectivity index is 1.88. The standard InChI is InChI=1S/C22H12F2N2O4S/c23-13-8-12(9-14(24)10-13)18-11-31-21(25-18)17-6-3-5-16(20(17)22(27)28)15-4-1-2-7-19(15)26(29)30/h1-11H,(H,27,28). The molecule has 6 nitrogen and oxygen atoms in total. The van der Waals surface area contributed by atoms with Crippen molar-refractivity contribution in [3.63, 3.8) is 0 Å². The molecule has 9 heteroatoms. The SMILES string of the molecule is O=C(O)c1c(-c2nc(-c3cc(F)cc(F)c3)cs2)cccc1-c1ccccc1[N+](=O)[O-]. The van der Waals surface area contributed by atoms with Gasteiger partial charge < -0.3 is 5.11 Å². The van der Waals surface area contributed by atoms with Crippen LogP contribution in [-0.2, 0) is 0 Å². The van der Waals surface area contributed by atoms with Crippen LogP contribution < -0.4 is 0 Å². The maximum Gasteiger partial charge on any atom is 0.337 e. The number of nitro benzene ring substituents is 1. The van der Waals surface area contributed by atoms with E-state index in [1.54, 1.807) is 17.5 Å². The van der Waals surface area contributed by atoms with E-state index in [2.05, 4.69) is 4.98 Å². The van der Waals surface area contributed by atoms with E-state index in [0.717, 1.165) is 29.5 Å². The van der Waals surface area contributed by atoms with Crippen LogP contribution in [0.25, 0.3) is 33.0 Å². The quantitative estimate of drug-likeness (QED) is 0.303. The minimum absolute atomic E-state index is 0.150. The van der Waals surface area contributed by atoms with Crippen molar-refractivity contribution in [2.24, 2.45) is 0 Å². The lowest BCUT2D eigenvalue weighted by Crippen LogP contribution is -2.04. The zero-order chi connectivity index (χ0) is 22.1. The molecule has 0 spiro atoms. The summed E-state index contributed by atoms with van der Waals surface area (Å²) in [4.78, 5) is 27.4. The second-order valence-corrected chi connectivity index (χ2v) is 7.36. The van der Waals surface area contributed by atoms with E-state index in [4.69, 9.17) is 0 Å². The van der Waals surface area contributed by atoms with Crippen molar-refractivity contribution < 1.29 is 23.6 Å². The van der Waals surface area contributed by atoms with Crippen molar-refractivity contribution in [1.29, 1.82) is 0 Å². The van der Waals surface area contributed by atoms with Gasteiger partial charge in [0.05, 0.1) is 21.7 Å². The summed E-state index contributed by atoms with van der Waals surface area (Å²) in [6.45, 7) is 0. The summed E-state index contributed by atoms with van der Waals surface area (Å²) < 4.78 is 27.1. The Hall–Kier alpha value is -3.98. The molecule has 154 valence electrons. The van der Waals surface area contributed by atoms with E-state index in [0.29, 0.717) is 5.01 Å². The molecule has 0 aliphatic rings. The van der Waals surface area contributed by atoms with Gasteiger partial charge in [0, 0.05) is 34.2 Å². The summed E-state index contributed by atoms with van der Waals surface area (Å²) in [5, 5.41) is 23.2. The topological polar surface area (TPSA) is 93.3 Å². The largest absolute Gasteiger partial charge is 0.478 e. The lowest BCUT2D eigenvalue weighted by molar-refractivity contribution is -0.384. The van der Waals surface area contributed by atoms with Crippen LogP contribution in [0.15, 0.2) is 66.0 Å². The predicted molar refractivity (Wildman–Crippen MR) is 112 cm³/mol. The van der Waals surface area contributed by atoms with Crippen LogP contribution in [0, 0.1) is 21.7 Å². The molecule has 0 saturated carbocycles. The number of para-hydroxylation sites is 1. The molecule has 0 bridgehead atoms. The highest BCUT2D eigenvalue weighted by molar-refractivity contribution is 7.13. The van der Waals surface area contributed by atoms with E-state index in [1.165, 1.54) is 30.3 Å². The molecule has 31 heavy (non-hydrogen) atoms. The molecule has 0 fully saturated rings. The maximum atomic E-state index is 13.6. The zero-order valence-electron chi connectivity index (χ0n) is 15.6. The van der Waals surface area contributed by atoms with E-state index < -0.39 is 22.5 Å². The number of carbonyl (C=O) groups is 1. The average Bonchev–Trinajstić information content (AvgIpc) is 3.22. The summed E-state index contributed by atoms with van der Waals surface area (Å²) in [7, 11) is 0. The molecular weight excluding hydrogens is 426 g/mol. The van der Waals surface area contributed by atoms with Crippen LogP contribution in [0.3, 0.4) is 0 Å². The summed E-state index contributed by atoms with van der Waals surface area (Å²) in [6, 6.07) is 13.5. The number of carboxylic acids is 1. The molecule has 1 N–H and O–H groups in total. The van der Waals surface area contributed by atoms with E-state index >= 15 is 0 Å². The molecule has 0 aliphatic carbocycles. The van der Waals surface area contributed by atoms with Gasteiger partial charge in [0.25, 0.3) is 5.69 Å². The smallest absolute Gasteiger partial charge is 0.337 e. The number of rotatable bonds is 5. The van der Waals surface area contributed by atoms with Crippen molar-refractivity contribution in [2.75, 3.05) is 0 Å². The van der Waals surface area contributed by atoms with Gasteiger partial charge in [0.2, 0.25) is 0 Å². The Morgan fingerprint density at radius 2 is 1.61 bits per heavy atom. The van der Waals surface area contributed by atoms with Crippen LogP contribution >= 0.6 is 11.3 Å². The second-order valence-electron chi connectivity index (χ2n) is 6.50. The lowest BCUT2D eigenvalue weighted by Gasteiger charge is -2.10. The fraction of sp³-hybridized carbons (Fsp3) is 0. The zero-order valence-corrected chi connectivity index (χ0v) is 16.4. The van der Waals surface area contributed by atoms with Gasteiger partial charge in [-0.25, -0.2) is 18.6 Å². The molecule has 0 atom stereocenters. The molecular formula is C22H12F2N2O4S. The van der Waals surface area contributed by atoms with Gasteiger partial charge in [-0.1, -0.05) is 30.3 Å². The molecule has 0 saturated heterocycles. The normalized spacial score (nSPS) is 10.8. The van der Waals surface area contributed by atoms with Crippen molar-refractivity contribution in [2.45, 2.75) is 0 Å².